The Morgan fingerprint density at radius 1 is 1.22 bits per heavy atom. The molecule has 2 saturated heterocycles. The van der Waals surface area contributed by atoms with Crippen molar-refractivity contribution in [2.75, 3.05) is 32.7 Å². The Kier molecular flexibility index (Phi) is 4.35. The Labute approximate surface area is 136 Å². The molecule has 0 aliphatic carbocycles. The first-order valence-corrected chi connectivity index (χ1v) is 8.18. The first-order valence-electron chi connectivity index (χ1n) is 8.18. The van der Waals surface area contributed by atoms with E-state index in [0.29, 0.717) is 18.3 Å². The normalized spacial score (nSPS) is 24.0. The molecule has 0 spiro atoms. The Hall–Kier alpha value is -1.95. The summed E-state index contributed by atoms with van der Waals surface area (Å²) in [5.74, 6) is 0.862. The van der Waals surface area contributed by atoms with Crippen LogP contribution in [0, 0.1) is 25.7 Å². The van der Waals surface area contributed by atoms with Crippen molar-refractivity contribution in [3.63, 3.8) is 0 Å². The molecule has 0 saturated carbocycles. The minimum atomic E-state index is -0.249. The van der Waals surface area contributed by atoms with Crippen LogP contribution in [-0.4, -0.2) is 59.3 Å². The smallest absolute Gasteiger partial charge is 0.255 e. The van der Waals surface area contributed by atoms with Gasteiger partial charge in [0.15, 0.2) is 0 Å². The van der Waals surface area contributed by atoms with Gasteiger partial charge < -0.3 is 15.5 Å². The number of hydrogen-bond donors (Lipinski definition) is 1. The Morgan fingerprint density at radius 2 is 1.87 bits per heavy atom. The van der Waals surface area contributed by atoms with Crippen LogP contribution in [0.25, 0.3) is 0 Å². The number of aromatic nitrogens is 1. The van der Waals surface area contributed by atoms with Gasteiger partial charge >= 0.3 is 0 Å². The van der Waals surface area contributed by atoms with E-state index < -0.39 is 0 Å². The van der Waals surface area contributed by atoms with E-state index in [4.69, 9.17) is 5.73 Å². The zero-order valence-corrected chi connectivity index (χ0v) is 13.8. The predicted octanol–water partition coefficient (Wildman–Crippen LogP) is 0.578. The summed E-state index contributed by atoms with van der Waals surface area (Å²) in [5.41, 5.74) is 7.75. The summed E-state index contributed by atoms with van der Waals surface area (Å²) >= 11 is 0. The number of pyridine rings is 1. The van der Waals surface area contributed by atoms with Crippen LogP contribution in [0.5, 0.6) is 0 Å². The standard InChI is InChI=1S/C17H24N4O2/c1-11-3-5-19-12(2)16(11)17(23)21-9-13-7-20(6-4-15(18)22)8-14(13)10-21/h3,5,13-14H,4,6-10H2,1-2H3,(H2,18,22). The average Bonchev–Trinajstić information content (AvgIpc) is 3.02. The highest BCUT2D eigenvalue weighted by molar-refractivity contribution is 5.96. The number of likely N-dealkylation sites (tertiary alicyclic amines) is 2. The number of nitrogens with two attached hydrogens (primary N) is 1. The molecule has 6 nitrogen and oxygen atoms in total. The van der Waals surface area contributed by atoms with Gasteiger partial charge in [-0.05, 0) is 37.3 Å². The maximum atomic E-state index is 12.8. The number of primary amides is 1. The van der Waals surface area contributed by atoms with Gasteiger partial charge in [0.1, 0.15) is 0 Å². The second kappa shape index (κ2) is 6.28. The van der Waals surface area contributed by atoms with Crippen molar-refractivity contribution in [3.05, 3.63) is 29.1 Å². The molecule has 0 radical (unpaired) electrons. The topological polar surface area (TPSA) is 79.5 Å². The summed E-state index contributed by atoms with van der Waals surface area (Å²) in [6.45, 7) is 8.08. The fourth-order valence-corrected chi connectivity index (χ4v) is 3.88. The zero-order chi connectivity index (χ0) is 16.6. The Morgan fingerprint density at radius 3 is 2.43 bits per heavy atom. The molecule has 2 fully saturated rings. The van der Waals surface area contributed by atoms with Crippen molar-refractivity contribution in [1.82, 2.24) is 14.8 Å². The summed E-state index contributed by atoms with van der Waals surface area (Å²) in [4.78, 5) is 32.3. The largest absolute Gasteiger partial charge is 0.370 e. The minimum Gasteiger partial charge on any atom is -0.370 e. The van der Waals surface area contributed by atoms with E-state index in [0.717, 1.165) is 49.5 Å². The second-order valence-corrected chi connectivity index (χ2v) is 6.79. The Balaban J connectivity index is 1.62. The summed E-state index contributed by atoms with van der Waals surface area (Å²) in [5, 5.41) is 0. The van der Waals surface area contributed by atoms with Crippen LogP contribution < -0.4 is 5.73 Å². The summed E-state index contributed by atoms with van der Waals surface area (Å²) in [7, 11) is 0. The van der Waals surface area contributed by atoms with Gasteiger partial charge in [0.2, 0.25) is 5.91 Å². The van der Waals surface area contributed by atoms with Crippen molar-refractivity contribution in [1.29, 1.82) is 0 Å². The van der Waals surface area contributed by atoms with Gasteiger partial charge in [0, 0.05) is 45.3 Å². The SMILES string of the molecule is Cc1ccnc(C)c1C(=O)N1CC2CN(CCC(N)=O)CC2C1. The van der Waals surface area contributed by atoms with E-state index in [2.05, 4.69) is 9.88 Å². The monoisotopic (exact) mass is 316 g/mol. The highest BCUT2D eigenvalue weighted by Gasteiger charge is 2.41. The molecule has 6 heteroatoms. The molecule has 2 N–H and O–H groups in total. The molecule has 1 aromatic rings. The van der Waals surface area contributed by atoms with E-state index in [1.54, 1.807) is 6.20 Å². The maximum Gasteiger partial charge on any atom is 0.255 e. The van der Waals surface area contributed by atoms with Gasteiger partial charge in [-0.1, -0.05) is 0 Å². The van der Waals surface area contributed by atoms with Crippen molar-refractivity contribution in [2.45, 2.75) is 20.3 Å². The summed E-state index contributed by atoms with van der Waals surface area (Å²) < 4.78 is 0. The third-order valence-electron chi connectivity index (χ3n) is 5.09. The van der Waals surface area contributed by atoms with Crippen LogP contribution in [0.1, 0.15) is 28.0 Å². The lowest BCUT2D eigenvalue weighted by atomic mass is 10.0. The molecular formula is C17H24N4O2. The van der Waals surface area contributed by atoms with Crippen molar-refractivity contribution < 1.29 is 9.59 Å². The molecule has 2 atom stereocenters. The molecule has 3 heterocycles. The van der Waals surface area contributed by atoms with E-state index in [-0.39, 0.29) is 11.8 Å². The van der Waals surface area contributed by atoms with E-state index in [1.807, 2.05) is 24.8 Å². The van der Waals surface area contributed by atoms with E-state index in [9.17, 15) is 9.59 Å². The number of carbonyl (C=O) groups is 2. The van der Waals surface area contributed by atoms with E-state index in [1.165, 1.54) is 0 Å². The molecule has 2 unspecified atom stereocenters. The number of carbonyl (C=O) groups excluding carboxylic acids is 2. The minimum absolute atomic E-state index is 0.103. The Bertz CT molecular complexity index is 597. The molecule has 0 aromatic carbocycles. The molecule has 2 amide bonds. The molecule has 124 valence electrons. The van der Waals surface area contributed by atoms with Crippen LogP contribution in [-0.2, 0) is 4.79 Å². The molecule has 2 aliphatic heterocycles. The molecule has 1 aromatic heterocycles. The second-order valence-electron chi connectivity index (χ2n) is 6.79. The van der Waals surface area contributed by atoms with Gasteiger partial charge in [-0.15, -0.1) is 0 Å². The number of amides is 2. The van der Waals surface area contributed by atoms with Crippen molar-refractivity contribution >= 4 is 11.8 Å². The lowest BCUT2D eigenvalue weighted by Crippen LogP contribution is -2.35. The number of aryl methyl sites for hydroxylation is 2. The fraction of sp³-hybridized carbons (Fsp3) is 0.588. The van der Waals surface area contributed by atoms with Crippen molar-refractivity contribution in [3.8, 4) is 0 Å². The third-order valence-corrected chi connectivity index (χ3v) is 5.09. The lowest BCUT2D eigenvalue weighted by Gasteiger charge is -2.22. The number of fused-ring (bicyclic) bond motifs is 1. The maximum absolute atomic E-state index is 12.8. The highest BCUT2D eigenvalue weighted by atomic mass is 16.2. The van der Waals surface area contributed by atoms with Gasteiger partial charge in [0.05, 0.1) is 11.3 Å². The van der Waals surface area contributed by atoms with Crippen LogP contribution in [0.4, 0.5) is 0 Å². The number of rotatable bonds is 4. The van der Waals surface area contributed by atoms with Gasteiger partial charge in [0.25, 0.3) is 5.91 Å². The van der Waals surface area contributed by atoms with Crippen LogP contribution in [0.2, 0.25) is 0 Å². The predicted molar refractivity (Wildman–Crippen MR) is 86.8 cm³/mol. The van der Waals surface area contributed by atoms with Crippen LogP contribution >= 0.6 is 0 Å². The molecule has 23 heavy (non-hydrogen) atoms. The highest BCUT2D eigenvalue weighted by Crippen LogP contribution is 2.32. The van der Waals surface area contributed by atoms with Gasteiger partial charge in [-0.25, -0.2) is 0 Å². The quantitative estimate of drug-likeness (QED) is 0.881. The molecule has 2 aliphatic rings. The van der Waals surface area contributed by atoms with E-state index >= 15 is 0 Å². The average molecular weight is 316 g/mol. The molecular weight excluding hydrogens is 292 g/mol. The third kappa shape index (κ3) is 3.22. The lowest BCUT2D eigenvalue weighted by molar-refractivity contribution is -0.118. The summed E-state index contributed by atoms with van der Waals surface area (Å²) in [6, 6.07) is 1.89. The van der Waals surface area contributed by atoms with Gasteiger partial charge in [-0.2, -0.15) is 0 Å². The zero-order valence-electron chi connectivity index (χ0n) is 13.8. The fourth-order valence-electron chi connectivity index (χ4n) is 3.88. The summed E-state index contributed by atoms with van der Waals surface area (Å²) in [6.07, 6.45) is 2.16. The number of hydrogen-bond acceptors (Lipinski definition) is 4. The van der Waals surface area contributed by atoms with Gasteiger partial charge in [-0.3, -0.25) is 14.6 Å². The first-order chi connectivity index (χ1) is 11.0. The number of nitrogens with zero attached hydrogens (tertiary/aromatic N) is 3. The first kappa shape index (κ1) is 15.9. The van der Waals surface area contributed by atoms with Crippen molar-refractivity contribution in [2.24, 2.45) is 17.6 Å². The molecule has 3 rings (SSSR count). The van der Waals surface area contributed by atoms with Crippen LogP contribution in [0.15, 0.2) is 12.3 Å². The molecule has 0 bridgehead atoms. The van der Waals surface area contributed by atoms with Crippen LogP contribution in [0.3, 0.4) is 0 Å².